The summed E-state index contributed by atoms with van der Waals surface area (Å²) in [7, 11) is 0. The maximum atomic E-state index is 12.5. The van der Waals surface area contributed by atoms with Crippen LogP contribution in [0, 0.1) is 6.92 Å². The molecular formula is C23H37N3O4S. The van der Waals surface area contributed by atoms with Crippen molar-refractivity contribution in [2.45, 2.75) is 64.0 Å². The lowest BCUT2D eigenvalue weighted by molar-refractivity contribution is -0.148. The maximum Gasteiger partial charge on any atom is 0.329 e. The highest BCUT2D eigenvalue weighted by Gasteiger charge is 2.40. The number of anilines is 1. The van der Waals surface area contributed by atoms with Crippen LogP contribution in [0.3, 0.4) is 0 Å². The van der Waals surface area contributed by atoms with Gasteiger partial charge in [0.1, 0.15) is 5.54 Å². The summed E-state index contributed by atoms with van der Waals surface area (Å²) in [6.07, 6.45) is 6.78. The van der Waals surface area contributed by atoms with Crippen molar-refractivity contribution in [2.75, 3.05) is 24.2 Å². The molecule has 1 aromatic rings. The minimum Gasteiger partial charge on any atom is -0.479 e. The highest BCUT2D eigenvalue weighted by molar-refractivity contribution is 7.80. The number of carbonyl (C=O) groups excluding carboxylic acids is 1. The Morgan fingerprint density at radius 1 is 1.32 bits per heavy atom. The molecule has 0 aliphatic heterocycles. The predicted octanol–water partition coefficient (Wildman–Crippen LogP) is 2.67. The van der Waals surface area contributed by atoms with E-state index in [9.17, 15) is 19.8 Å². The first kappa shape index (κ1) is 27.0. The van der Waals surface area contributed by atoms with Crippen LogP contribution in [-0.4, -0.2) is 52.6 Å². The van der Waals surface area contributed by atoms with Crippen LogP contribution in [0.15, 0.2) is 30.4 Å². The number of aliphatic hydroxyl groups excluding tert-OH is 1. The van der Waals surface area contributed by atoms with Crippen molar-refractivity contribution < 1.29 is 19.8 Å². The predicted molar refractivity (Wildman–Crippen MR) is 129 cm³/mol. The van der Waals surface area contributed by atoms with Gasteiger partial charge in [0.05, 0.1) is 0 Å². The maximum absolute atomic E-state index is 12.5. The van der Waals surface area contributed by atoms with E-state index >= 15 is 0 Å². The van der Waals surface area contributed by atoms with E-state index in [1.807, 2.05) is 31.2 Å². The Kier molecular flexibility index (Phi) is 12.3. The minimum atomic E-state index is -1.59. The molecule has 0 fully saturated rings. The molecule has 31 heavy (non-hydrogen) atoms. The van der Waals surface area contributed by atoms with Gasteiger partial charge in [0.15, 0.2) is 0 Å². The van der Waals surface area contributed by atoms with E-state index < -0.39 is 11.5 Å². The monoisotopic (exact) mass is 451 g/mol. The first-order valence-corrected chi connectivity index (χ1v) is 11.4. The van der Waals surface area contributed by atoms with Crippen LogP contribution in [0.25, 0.3) is 0 Å². The van der Waals surface area contributed by atoms with Crippen molar-refractivity contribution in [3.05, 3.63) is 41.5 Å². The summed E-state index contributed by atoms with van der Waals surface area (Å²) >= 11 is 4.18. The Hall–Kier alpha value is -2.03. The molecule has 1 rings (SSSR count). The third kappa shape index (κ3) is 8.93. The van der Waals surface area contributed by atoms with Crippen LogP contribution in [0.1, 0.15) is 50.2 Å². The average molecular weight is 452 g/mol. The number of amides is 1. The number of aliphatic hydroxyl groups is 1. The van der Waals surface area contributed by atoms with E-state index in [1.165, 1.54) is 0 Å². The number of aliphatic carboxylic acids is 1. The molecule has 0 saturated heterocycles. The van der Waals surface area contributed by atoms with Gasteiger partial charge in [0.2, 0.25) is 5.91 Å². The third-order valence-corrected chi connectivity index (χ3v) is 5.72. The quantitative estimate of drug-likeness (QED) is 0.138. The van der Waals surface area contributed by atoms with Crippen molar-refractivity contribution in [3.63, 3.8) is 0 Å². The molecule has 0 saturated carbocycles. The molecule has 0 bridgehead atoms. The summed E-state index contributed by atoms with van der Waals surface area (Å²) in [6, 6.07) is 5.47. The fourth-order valence-electron chi connectivity index (χ4n) is 3.27. The van der Waals surface area contributed by atoms with Crippen LogP contribution in [0.2, 0.25) is 0 Å². The topological polar surface area (TPSA) is 125 Å². The summed E-state index contributed by atoms with van der Waals surface area (Å²) < 4.78 is 0. The second-order valence-electron chi connectivity index (χ2n) is 7.82. The number of hydrogen-bond acceptors (Lipinski definition) is 6. The number of rotatable bonds is 15. The number of carbonyl (C=O) groups is 2. The van der Waals surface area contributed by atoms with E-state index in [4.69, 9.17) is 5.73 Å². The van der Waals surface area contributed by atoms with Gasteiger partial charge < -0.3 is 26.6 Å². The van der Waals surface area contributed by atoms with Gasteiger partial charge in [-0.25, -0.2) is 4.79 Å². The van der Waals surface area contributed by atoms with Crippen molar-refractivity contribution >= 4 is 30.2 Å². The largest absolute Gasteiger partial charge is 0.479 e. The summed E-state index contributed by atoms with van der Waals surface area (Å²) in [5, 5.41) is 25.5. The zero-order valence-corrected chi connectivity index (χ0v) is 19.5. The molecule has 0 spiro atoms. The van der Waals surface area contributed by atoms with Gasteiger partial charge in [-0.1, -0.05) is 44.1 Å². The number of thiol groups is 1. The summed E-state index contributed by atoms with van der Waals surface area (Å²) in [4.78, 5) is 24.7. The van der Waals surface area contributed by atoms with E-state index in [-0.39, 0.29) is 37.8 Å². The lowest BCUT2D eigenvalue weighted by Gasteiger charge is -2.31. The van der Waals surface area contributed by atoms with E-state index in [1.54, 1.807) is 6.08 Å². The fourth-order valence-corrected chi connectivity index (χ4v) is 3.40. The molecule has 8 heteroatoms. The molecule has 7 nitrogen and oxygen atoms in total. The van der Waals surface area contributed by atoms with E-state index in [2.05, 4.69) is 30.2 Å². The SMILES string of the molecule is CCCCC=CCC(=O)N[C@@](CCO)(Cc1cccc(NC[C@@H](N)CS)c1C)C(=O)O. The van der Waals surface area contributed by atoms with Gasteiger partial charge >= 0.3 is 5.97 Å². The van der Waals surface area contributed by atoms with Crippen LogP contribution in [0.4, 0.5) is 5.69 Å². The average Bonchev–Trinajstić information content (AvgIpc) is 2.73. The van der Waals surface area contributed by atoms with Gasteiger partial charge in [0.25, 0.3) is 0 Å². The Balaban J connectivity index is 3.03. The Morgan fingerprint density at radius 2 is 2.06 bits per heavy atom. The Bertz CT molecular complexity index is 742. The van der Waals surface area contributed by atoms with Crippen molar-refractivity contribution in [2.24, 2.45) is 5.73 Å². The van der Waals surface area contributed by atoms with E-state index in [0.29, 0.717) is 12.3 Å². The van der Waals surface area contributed by atoms with Gasteiger partial charge in [0, 0.05) is 49.9 Å². The minimum absolute atomic E-state index is 0.0636. The molecule has 1 aromatic carbocycles. The molecule has 0 unspecified atom stereocenters. The summed E-state index contributed by atoms with van der Waals surface area (Å²) in [6.45, 7) is 4.17. The highest BCUT2D eigenvalue weighted by Crippen LogP contribution is 2.25. The molecule has 2 atom stereocenters. The van der Waals surface area contributed by atoms with Crippen LogP contribution in [0.5, 0.6) is 0 Å². The first-order chi connectivity index (χ1) is 14.8. The smallest absolute Gasteiger partial charge is 0.329 e. The van der Waals surface area contributed by atoms with Crippen LogP contribution >= 0.6 is 12.6 Å². The molecule has 0 aliphatic carbocycles. The van der Waals surface area contributed by atoms with Crippen LogP contribution in [-0.2, 0) is 16.0 Å². The molecule has 0 radical (unpaired) electrons. The normalized spacial score (nSPS) is 14.2. The number of carboxylic acid groups (broad SMARTS) is 1. The number of hydrogen-bond donors (Lipinski definition) is 6. The zero-order chi connectivity index (χ0) is 23.3. The highest BCUT2D eigenvalue weighted by atomic mass is 32.1. The fraction of sp³-hybridized carbons (Fsp3) is 0.565. The number of benzene rings is 1. The van der Waals surface area contributed by atoms with Gasteiger partial charge in [-0.3, -0.25) is 4.79 Å². The Morgan fingerprint density at radius 3 is 2.68 bits per heavy atom. The molecule has 1 amide bonds. The number of unbranched alkanes of at least 4 members (excludes halogenated alkanes) is 2. The summed E-state index contributed by atoms with van der Waals surface area (Å²) in [5.74, 6) is -1.00. The number of nitrogens with one attached hydrogen (secondary N) is 2. The van der Waals surface area contributed by atoms with Gasteiger partial charge in [-0.15, -0.1) is 0 Å². The second-order valence-corrected chi connectivity index (χ2v) is 8.18. The first-order valence-electron chi connectivity index (χ1n) is 10.8. The van der Waals surface area contributed by atoms with Crippen molar-refractivity contribution in [3.8, 4) is 0 Å². The summed E-state index contributed by atoms with van der Waals surface area (Å²) in [5.41, 5.74) is 6.83. The molecule has 0 heterocycles. The Labute approximate surface area is 190 Å². The number of allylic oxidation sites excluding steroid dienone is 1. The van der Waals surface area contributed by atoms with Crippen molar-refractivity contribution in [1.29, 1.82) is 0 Å². The third-order valence-electron chi connectivity index (χ3n) is 5.25. The lowest BCUT2D eigenvalue weighted by Crippen LogP contribution is -2.56. The molecule has 6 N–H and O–H groups in total. The van der Waals surface area contributed by atoms with Crippen molar-refractivity contribution in [1.82, 2.24) is 5.32 Å². The standard InChI is InChI=1S/C23H37N3O4S/c1-3-4-5-6-7-11-21(28)26-23(12-13-27,22(29)30)14-18-9-8-10-20(17(18)2)25-15-19(24)16-31/h6-10,19,25,27,31H,3-5,11-16,24H2,1-2H3,(H,26,28)(H,29,30)/t19-,23+/m1/s1. The van der Waals surface area contributed by atoms with E-state index in [0.717, 1.165) is 36.1 Å². The van der Waals surface area contributed by atoms with Gasteiger partial charge in [-0.05, 0) is 30.5 Å². The lowest BCUT2D eigenvalue weighted by atomic mass is 9.85. The van der Waals surface area contributed by atoms with Gasteiger partial charge in [-0.2, -0.15) is 12.6 Å². The molecule has 174 valence electrons. The zero-order valence-electron chi connectivity index (χ0n) is 18.6. The molecule has 0 aromatic heterocycles. The molecular weight excluding hydrogens is 414 g/mol. The second kappa shape index (κ2) is 14.1. The number of nitrogens with two attached hydrogens (primary N) is 1. The molecule has 0 aliphatic rings. The van der Waals surface area contributed by atoms with Crippen LogP contribution < -0.4 is 16.4 Å². The number of carboxylic acids is 1.